The Balaban J connectivity index is 4.24. The Morgan fingerprint density at radius 2 is 1.71 bits per heavy atom. The van der Waals surface area contributed by atoms with E-state index >= 15 is 0 Å². The molecule has 1 atom stereocenters. The molecule has 0 spiro atoms. The van der Waals surface area contributed by atoms with Crippen LogP contribution < -0.4 is 0 Å². The second-order valence-electron chi connectivity index (χ2n) is 3.88. The topological polar surface area (TPSA) is 3.01 Å². The molecule has 0 N–H and O–H groups in total. The third-order valence-electron chi connectivity index (χ3n) is 2.44. The van der Waals surface area contributed by atoms with Gasteiger partial charge in [0, 0.05) is 18.8 Å². The molecule has 0 radical (unpaired) electrons. The van der Waals surface area contributed by atoms with Gasteiger partial charge in [0.25, 0.3) is 0 Å². The van der Waals surface area contributed by atoms with Gasteiger partial charge in [-0.1, -0.05) is 26.8 Å². The molecule has 0 amide bonds. The largest absolute Gasteiger partial charge is 0.239 e. The van der Waals surface area contributed by atoms with E-state index in [9.17, 15) is 0 Å². The Labute approximate surface area is 89.5 Å². The molecule has 0 rings (SSSR count). The van der Waals surface area contributed by atoms with Crippen LogP contribution in [0.2, 0.25) is 0 Å². The van der Waals surface area contributed by atoms with E-state index in [4.69, 9.17) is 0 Å². The van der Waals surface area contributed by atoms with Crippen molar-refractivity contribution in [2.45, 2.75) is 46.5 Å². The van der Waals surface area contributed by atoms with E-state index < -0.39 is 0 Å². The van der Waals surface area contributed by atoms with Crippen LogP contribution in [0.15, 0.2) is 12.7 Å². The van der Waals surface area contributed by atoms with Gasteiger partial charge in [0.15, 0.2) is 0 Å². The van der Waals surface area contributed by atoms with E-state index in [2.05, 4.69) is 38.1 Å². The summed E-state index contributed by atoms with van der Waals surface area (Å²) in [4.78, 5) is 0. The van der Waals surface area contributed by atoms with Crippen molar-refractivity contribution in [3.8, 4) is 0 Å². The van der Waals surface area contributed by atoms with Gasteiger partial charge in [-0.15, -0.1) is 6.58 Å². The van der Waals surface area contributed by atoms with E-state index in [1.54, 1.807) is 0 Å². The SMILES string of the molecule is C=CCC(C=[N+](CCC)CCC)CC. The molecular formula is C13H26N+. The van der Waals surface area contributed by atoms with Gasteiger partial charge in [0.05, 0.1) is 0 Å². The molecule has 0 fully saturated rings. The van der Waals surface area contributed by atoms with E-state index in [-0.39, 0.29) is 0 Å². The number of hydrogen-bond donors (Lipinski definition) is 0. The van der Waals surface area contributed by atoms with Crippen molar-refractivity contribution < 1.29 is 4.58 Å². The van der Waals surface area contributed by atoms with Gasteiger partial charge in [0.2, 0.25) is 0 Å². The monoisotopic (exact) mass is 196 g/mol. The number of nitrogens with zero attached hydrogens (tertiary/aromatic N) is 1. The summed E-state index contributed by atoms with van der Waals surface area (Å²) in [5.74, 6) is 0.686. The third kappa shape index (κ3) is 5.95. The highest BCUT2D eigenvalue weighted by Gasteiger charge is 2.08. The van der Waals surface area contributed by atoms with Gasteiger partial charge in [-0.25, -0.2) is 4.58 Å². The average Bonchev–Trinajstić information content (AvgIpc) is 2.18. The molecule has 82 valence electrons. The zero-order chi connectivity index (χ0) is 10.8. The van der Waals surface area contributed by atoms with Crippen LogP contribution in [0, 0.1) is 5.92 Å². The molecule has 0 aliphatic heterocycles. The molecular weight excluding hydrogens is 170 g/mol. The minimum atomic E-state index is 0.686. The van der Waals surface area contributed by atoms with Crippen molar-refractivity contribution in [1.82, 2.24) is 0 Å². The van der Waals surface area contributed by atoms with Crippen molar-refractivity contribution in [3.63, 3.8) is 0 Å². The third-order valence-corrected chi connectivity index (χ3v) is 2.44. The average molecular weight is 196 g/mol. The molecule has 0 aliphatic carbocycles. The molecule has 0 saturated carbocycles. The van der Waals surface area contributed by atoms with Crippen molar-refractivity contribution in [3.05, 3.63) is 12.7 Å². The van der Waals surface area contributed by atoms with Crippen LogP contribution in [-0.2, 0) is 0 Å². The summed E-state index contributed by atoms with van der Waals surface area (Å²) in [6, 6.07) is 0. The van der Waals surface area contributed by atoms with Gasteiger partial charge in [-0.3, -0.25) is 0 Å². The summed E-state index contributed by atoms with van der Waals surface area (Å²) < 4.78 is 2.47. The van der Waals surface area contributed by atoms with Gasteiger partial charge < -0.3 is 0 Å². The highest BCUT2D eigenvalue weighted by atomic mass is 15.0. The van der Waals surface area contributed by atoms with E-state index in [1.807, 2.05) is 6.08 Å². The molecule has 0 aromatic carbocycles. The van der Waals surface area contributed by atoms with Gasteiger partial charge in [0.1, 0.15) is 19.3 Å². The minimum absolute atomic E-state index is 0.686. The Hall–Kier alpha value is -0.590. The standard InChI is InChI=1S/C13H26N/c1-5-9-13(8-4)12-14(10-6-2)11-7-3/h5,12-13H,1,6-11H2,2-4H3/q+1. The molecule has 0 bridgehead atoms. The summed E-state index contributed by atoms with van der Waals surface area (Å²) in [5, 5.41) is 0. The van der Waals surface area contributed by atoms with E-state index in [0.717, 1.165) is 6.42 Å². The molecule has 1 unspecified atom stereocenters. The van der Waals surface area contributed by atoms with Crippen LogP contribution >= 0.6 is 0 Å². The minimum Gasteiger partial charge on any atom is -0.239 e. The lowest BCUT2D eigenvalue weighted by Crippen LogP contribution is -2.19. The summed E-state index contributed by atoms with van der Waals surface area (Å²) >= 11 is 0. The number of rotatable bonds is 8. The molecule has 1 heteroatoms. The smallest absolute Gasteiger partial charge is 0.143 e. The van der Waals surface area contributed by atoms with Crippen molar-refractivity contribution in [1.29, 1.82) is 0 Å². The summed E-state index contributed by atoms with van der Waals surface area (Å²) in [6.07, 6.45) is 9.24. The van der Waals surface area contributed by atoms with Crippen molar-refractivity contribution >= 4 is 6.21 Å². The van der Waals surface area contributed by atoms with E-state index in [1.165, 1.54) is 32.4 Å². The summed E-state index contributed by atoms with van der Waals surface area (Å²) in [7, 11) is 0. The second-order valence-corrected chi connectivity index (χ2v) is 3.88. The first kappa shape index (κ1) is 13.4. The highest BCUT2D eigenvalue weighted by molar-refractivity contribution is 5.55. The summed E-state index contributed by atoms with van der Waals surface area (Å²) in [6.45, 7) is 12.9. The van der Waals surface area contributed by atoms with E-state index in [0.29, 0.717) is 5.92 Å². The number of hydrogen-bond acceptors (Lipinski definition) is 0. The zero-order valence-electron chi connectivity index (χ0n) is 10.1. The second kappa shape index (κ2) is 8.98. The molecule has 0 saturated heterocycles. The van der Waals surface area contributed by atoms with Crippen LogP contribution in [0.5, 0.6) is 0 Å². The quantitative estimate of drug-likeness (QED) is 0.317. The lowest BCUT2D eigenvalue weighted by atomic mass is 10.0. The fourth-order valence-corrected chi connectivity index (χ4v) is 1.68. The van der Waals surface area contributed by atoms with Crippen LogP contribution in [0.3, 0.4) is 0 Å². The fourth-order valence-electron chi connectivity index (χ4n) is 1.68. The molecule has 14 heavy (non-hydrogen) atoms. The Morgan fingerprint density at radius 1 is 1.14 bits per heavy atom. The molecule has 0 aromatic heterocycles. The van der Waals surface area contributed by atoms with Crippen LogP contribution in [0.1, 0.15) is 46.5 Å². The maximum atomic E-state index is 3.81. The van der Waals surface area contributed by atoms with Gasteiger partial charge in [-0.2, -0.15) is 0 Å². The Kier molecular flexibility index (Phi) is 8.61. The predicted octanol–water partition coefficient (Wildman–Crippen LogP) is 3.49. The highest BCUT2D eigenvalue weighted by Crippen LogP contribution is 2.05. The van der Waals surface area contributed by atoms with Gasteiger partial charge >= 0.3 is 0 Å². The lowest BCUT2D eigenvalue weighted by molar-refractivity contribution is -0.525. The lowest BCUT2D eigenvalue weighted by Gasteiger charge is -2.07. The Bertz CT molecular complexity index is 162. The maximum Gasteiger partial charge on any atom is 0.143 e. The molecule has 0 aromatic rings. The van der Waals surface area contributed by atoms with Crippen molar-refractivity contribution in [2.24, 2.45) is 5.92 Å². The normalized spacial score (nSPS) is 12.2. The first-order chi connectivity index (χ1) is 6.78. The molecule has 1 nitrogen and oxygen atoms in total. The zero-order valence-corrected chi connectivity index (χ0v) is 10.1. The van der Waals surface area contributed by atoms with Crippen LogP contribution in [0.4, 0.5) is 0 Å². The predicted molar refractivity (Wildman–Crippen MR) is 65.2 cm³/mol. The summed E-state index contributed by atoms with van der Waals surface area (Å²) in [5.41, 5.74) is 0. The van der Waals surface area contributed by atoms with Crippen LogP contribution in [-0.4, -0.2) is 23.9 Å². The fraction of sp³-hybridized carbons (Fsp3) is 0.769. The molecule has 0 heterocycles. The van der Waals surface area contributed by atoms with Crippen molar-refractivity contribution in [2.75, 3.05) is 13.1 Å². The molecule has 0 aliphatic rings. The number of allylic oxidation sites excluding steroid dienone is 1. The van der Waals surface area contributed by atoms with Crippen LogP contribution in [0.25, 0.3) is 0 Å². The maximum absolute atomic E-state index is 3.81. The first-order valence-corrected chi connectivity index (χ1v) is 5.98. The van der Waals surface area contributed by atoms with Gasteiger partial charge in [-0.05, 0) is 12.8 Å². The first-order valence-electron chi connectivity index (χ1n) is 5.98. The Morgan fingerprint density at radius 3 is 2.07 bits per heavy atom.